The molecule has 1 unspecified atom stereocenters. The number of amides is 1. The number of benzene rings is 1. The van der Waals surface area contributed by atoms with Crippen LogP contribution in [0.15, 0.2) is 18.2 Å². The molecule has 1 aliphatic heterocycles. The van der Waals surface area contributed by atoms with Gasteiger partial charge in [0.25, 0.3) is 0 Å². The lowest BCUT2D eigenvalue weighted by molar-refractivity contribution is -0.125. The minimum atomic E-state index is -0.0370. The van der Waals surface area contributed by atoms with E-state index in [0.29, 0.717) is 17.3 Å². The monoisotopic (exact) mass is 267 g/mol. The van der Waals surface area contributed by atoms with Gasteiger partial charge in [-0.1, -0.05) is 17.7 Å². The summed E-state index contributed by atoms with van der Waals surface area (Å²) >= 11 is 5.88. The highest BCUT2D eigenvalue weighted by atomic mass is 35.5. The molecule has 1 heterocycles. The van der Waals surface area contributed by atoms with Crippen molar-refractivity contribution in [2.24, 2.45) is 0 Å². The molecule has 0 aliphatic carbocycles. The van der Waals surface area contributed by atoms with Crippen molar-refractivity contribution in [3.63, 3.8) is 0 Å². The van der Waals surface area contributed by atoms with Crippen LogP contribution >= 0.6 is 11.6 Å². The van der Waals surface area contributed by atoms with E-state index in [1.54, 1.807) is 13.1 Å². The number of nitrogen functional groups attached to an aromatic ring is 1. The predicted molar refractivity (Wildman–Crippen MR) is 73.4 cm³/mol. The Labute approximate surface area is 112 Å². The molecule has 1 atom stereocenters. The van der Waals surface area contributed by atoms with Crippen LogP contribution in [-0.4, -0.2) is 30.4 Å². The van der Waals surface area contributed by atoms with Gasteiger partial charge in [0.2, 0.25) is 5.91 Å². The van der Waals surface area contributed by atoms with Crippen molar-refractivity contribution in [1.29, 1.82) is 0 Å². The van der Waals surface area contributed by atoms with Gasteiger partial charge in [-0.25, -0.2) is 0 Å². The summed E-state index contributed by atoms with van der Waals surface area (Å²) in [7, 11) is 1.68. The van der Waals surface area contributed by atoms with Crippen LogP contribution in [0.5, 0.6) is 0 Å². The topological polar surface area (TPSA) is 58.4 Å². The summed E-state index contributed by atoms with van der Waals surface area (Å²) in [6.07, 6.45) is 1.96. The first-order valence-electron chi connectivity index (χ1n) is 6.11. The molecule has 1 aromatic rings. The second kappa shape index (κ2) is 5.59. The maximum atomic E-state index is 11.7. The molecule has 3 N–H and O–H groups in total. The number of hydrogen-bond acceptors (Lipinski definition) is 3. The molecule has 18 heavy (non-hydrogen) atoms. The molecule has 0 aromatic heterocycles. The third-order valence-electron chi connectivity index (χ3n) is 3.39. The molecule has 5 heteroatoms. The van der Waals surface area contributed by atoms with E-state index in [2.05, 4.69) is 10.2 Å². The number of nitrogens with zero attached hydrogens (tertiary/aromatic N) is 1. The first-order valence-corrected chi connectivity index (χ1v) is 6.49. The average molecular weight is 268 g/mol. The van der Waals surface area contributed by atoms with Crippen LogP contribution in [0.2, 0.25) is 5.02 Å². The summed E-state index contributed by atoms with van der Waals surface area (Å²) in [4.78, 5) is 13.9. The lowest BCUT2D eigenvalue weighted by Gasteiger charge is -2.23. The van der Waals surface area contributed by atoms with Gasteiger partial charge in [-0.2, -0.15) is 0 Å². The number of nitrogens with two attached hydrogens (primary N) is 1. The predicted octanol–water partition coefficient (Wildman–Crippen LogP) is 1.63. The van der Waals surface area contributed by atoms with Crippen LogP contribution in [0.4, 0.5) is 5.69 Å². The van der Waals surface area contributed by atoms with E-state index >= 15 is 0 Å². The van der Waals surface area contributed by atoms with Crippen molar-refractivity contribution in [2.75, 3.05) is 19.3 Å². The number of halogens is 1. The zero-order valence-electron chi connectivity index (χ0n) is 10.4. The van der Waals surface area contributed by atoms with Gasteiger partial charge in [0.15, 0.2) is 0 Å². The summed E-state index contributed by atoms with van der Waals surface area (Å²) in [5, 5.41) is 3.35. The Morgan fingerprint density at radius 3 is 3.06 bits per heavy atom. The standard InChI is InChI=1S/C13H18ClN3O/c1-16-13(18)12-3-2-6-17(12)8-9-4-5-10(14)7-11(9)15/h4-5,7,12H,2-3,6,8,15H2,1H3,(H,16,18). The van der Waals surface area contributed by atoms with Gasteiger partial charge >= 0.3 is 0 Å². The maximum absolute atomic E-state index is 11.7. The average Bonchev–Trinajstić information content (AvgIpc) is 2.80. The molecule has 0 saturated carbocycles. The Kier molecular flexibility index (Phi) is 4.09. The quantitative estimate of drug-likeness (QED) is 0.819. The minimum Gasteiger partial charge on any atom is -0.398 e. The lowest BCUT2D eigenvalue weighted by Crippen LogP contribution is -2.41. The summed E-state index contributed by atoms with van der Waals surface area (Å²) in [6, 6.07) is 5.47. The van der Waals surface area contributed by atoms with Gasteiger partial charge in [-0.15, -0.1) is 0 Å². The molecule has 1 saturated heterocycles. The lowest BCUT2D eigenvalue weighted by atomic mass is 10.1. The molecule has 1 aliphatic rings. The van der Waals surface area contributed by atoms with Gasteiger partial charge in [-0.05, 0) is 37.1 Å². The number of likely N-dealkylation sites (tertiary alicyclic amines) is 1. The maximum Gasteiger partial charge on any atom is 0.237 e. The molecule has 1 fully saturated rings. The van der Waals surface area contributed by atoms with Gasteiger partial charge in [0.1, 0.15) is 0 Å². The third-order valence-corrected chi connectivity index (χ3v) is 3.63. The van der Waals surface area contributed by atoms with E-state index in [0.717, 1.165) is 24.9 Å². The van der Waals surface area contributed by atoms with Crippen LogP contribution in [0, 0.1) is 0 Å². The second-order valence-electron chi connectivity index (χ2n) is 4.59. The molecule has 1 amide bonds. The molecule has 0 bridgehead atoms. The zero-order valence-corrected chi connectivity index (χ0v) is 11.2. The highest BCUT2D eigenvalue weighted by Gasteiger charge is 2.30. The van der Waals surface area contributed by atoms with E-state index in [4.69, 9.17) is 17.3 Å². The van der Waals surface area contributed by atoms with E-state index < -0.39 is 0 Å². The summed E-state index contributed by atoms with van der Waals surface area (Å²) in [6.45, 7) is 1.63. The van der Waals surface area contributed by atoms with Crippen LogP contribution < -0.4 is 11.1 Å². The van der Waals surface area contributed by atoms with Crippen LogP contribution in [0.1, 0.15) is 18.4 Å². The number of anilines is 1. The molecule has 1 aromatic carbocycles. The van der Waals surface area contributed by atoms with Gasteiger partial charge in [0, 0.05) is 24.3 Å². The Bertz CT molecular complexity index is 450. The fourth-order valence-electron chi connectivity index (χ4n) is 2.41. The molecular formula is C13H18ClN3O. The highest BCUT2D eigenvalue weighted by molar-refractivity contribution is 6.30. The summed E-state index contributed by atoms with van der Waals surface area (Å²) in [5.74, 6) is 0.0834. The number of rotatable bonds is 3. The van der Waals surface area contributed by atoms with Gasteiger partial charge in [0.05, 0.1) is 6.04 Å². The number of likely N-dealkylation sites (N-methyl/N-ethyl adjacent to an activating group) is 1. The smallest absolute Gasteiger partial charge is 0.237 e. The minimum absolute atomic E-state index is 0.0370. The van der Waals surface area contributed by atoms with Crippen molar-refractivity contribution in [3.8, 4) is 0 Å². The van der Waals surface area contributed by atoms with Gasteiger partial charge in [-0.3, -0.25) is 9.69 Å². The fraction of sp³-hybridized carbons (Fsp3) is 0.462. The van der Waals surface area contributed by atoms with E-state index in [9.17, 15) is 4.79 Å². The molecular weight excluding hydrogens is 250 g/mol. The summed E-state index contributed by atoms with van der Waals surface area (Å²) in [5.41, 5.74) is 7.65. The largest absolute Gasteiger partial charge is 0.398 e. The molecule has 2 rings (SSSR count). The Morgan fingerprint density at radius 1 is 1.61 bits per heavy atom. The van der Waals surface area contributed by atoms with Crippen molar-refractivity contribution >= 4 is 23.2 Å². The fourth-order valence-corrected chi connectivity index (χ4v) is 2.59. The van der Waals surface area contributed by atoms with E-state index in [-0.39, 0.29) is 11.9 Å². The molecule has 98 valence electrons. The van der Waals surface area contributed by atoms with Crippen molar-refractivity contribution in [1.82, 2.24) is 10.2 Å². The number of hydrogen-bond donors (Lipinski definition) is 2. The van der Waals surface area contributed by atoms with Crippen molar-refractivity contribution in [3.05, 3.63) is 28.8 Å². The van der Waals surface area contributed by atoms with Crippen molar-refractivity contribution < 1.29 is 4.79 Å². The molecule has 0 spiro atoms. The Morgan fingerprint density at radius 2 is 2.39 bits per heavy atom. The number of carbonyl (C=O) groups excluding carboxylic acids is 1. The van der Waals surface area contributed by atoms with Crippen LogP contribution in [0.25, 0.3) is 0 Å². The first kappa shape index (κ1) is 13.2. The van der Waals surface area contributed by atoms with Crippen molar-refractivity contribution in [2.45, 2.75) is 25.4 Å². The number of nitrogens with one attached hydrogen (secondary N) is 1. The van der Waals surface area contributed by atoms with Crippen LogP contribution in [-0.2, 0) is 11.3 Å². The second-order valence-corrected chi connectivity index (χ2v) is 5.02. The SMILES string of the molecule is CNC(=O)C1CCCN1Cc1ccc(Cl)cc1N. The molecule has 0 radical (unpaired) electrons. The first-order chi connectivity index (χ1) is 8.61. The zero-order chi connectivity index (χ0) is 13.1. The highest BCUT2D eigenvalue weighted by Crippen LogP contribution is 2.24. The normalized spacial score (nSPS) is 20.0. The Balaban J connectivity index is 2.10. The van der Waals surface area contributed by atoms with E-state index in [1.165, 1.54) is 0 Å². The Hall–Kier alpha value is -1.26. The summed E-state index contributed by atoms with van der Waals surface area (Å²) < 4.78 is 0. The third kappa shape index (κ3) is 2.76. The molecule has 4 nitrogen and oxygen atoms in total. The van der Waals surface area contributed by atoms with E-state index in [1.807, 2.05) is 12.1 Å². The van der Waals surface area contributed by atoms with Crippen LogP contribution in [0.3, 0.4) is 0 Å². The van der Waals surface area contributed by atoms with Gasteiger partial charge < -0.3 is 11.1 Å². The number of carbonyl (C=O) groups is 1.